The van der Waals surface area contributed by atoms with Gasteiger partial charge in [-0.2, -0.15) is 0 Å². The molecule has 19 heavy (non-hydrogen) atoms. The molecule has 0 aliphatic rings. The monoisotopic (exact) mass is 326 g/mol. The Morgan fingerprint density at radius 3 is 2.32 bits per heavy atom. The molecule has 0 fully saturated rings. The Labute approximate surface area is 124 Å². The summed E-state index contributed by atoms with van der Waals surface area (Å²) in [5.74, 6) is 0.0883. The van der Waals surface area contributed by atoms with E-state index < -0.39 is 0 Å². The van der Waals surface area contributed by atoms with E-state index in [0.717, 1.165) is 10.0 Å². The van der Waals surface area contributed by atoms with E-state index in [9.17, 15) is 4.79 Å². The largest absolute Gasteiger partial charge is 0.341 e. The van der Waals surface area contributed by atoms with Crippen LogP contribution in [0.4, 0.5) is 0 Å². The fraction of sp³-hybridized carbons (Fsp3) is 0.533. The molecule has 4 heteroatoms. The molecule has 0 saturated carbocycles. The number of nitrogens with zero attached hydrogens (tertiary/aromatic N) is 1. The van der Waals surface area contributed by atoms with Crippen molar-refractivity contribution in [3.63, 3.8) is 0 Å². The van der Waals surface area contributed by atoms with Crippen molar-refractivity contribution in [1.29, 1.82) is 0 Å². The number of halogens is 1. The lowest BCUT2D eigenvalue weighted by atomic mass is 9.85. The summed E-state index contributed by atoms with van der Waals surface area (Å²) in [6.07, 6.45) is 0.385. The molecule has 1 atom stereocenters. The Morgan fingerprint density at radius 2 is 1.84 bits per heavy atom. The summed E-state index contributed by atoms with van der Waals surface area (Å²) in [6, 6.07) is 7.87. The number of amides is 1. The number of carbonyl (C=O) groups excluding carboxylic acids is 1. The van der Waals surface area contributed by atoms with Gasteiger partial charge in [0.25, 0.3) is 0 Å². The van der Waals surface area contributed by atoms with Gasteiger partial charge in [0.15, 0.2) is 0 Å². The molecule has 3 nitrogen and oxygen atoms in total. The third-order valence-corrected chi connectivity index (χ3v) is 3.79. The third-order valence-electron chi connectivity index (χ3n) is 3.27. The molecule has 0 radical (unpaired) electrons. The smallest absolute Gasteiger partial charge is 0.224 e. The predicted octanol–water partition coefficient (Wildman–Crippen LogP) is 3.17. The van der Waals surface area contributed by atoms with Crippen molar-refractivity contribution >= 4 is 21.8 Å². The number of nitrogens with two attached hydrogens (primary N) is 1. The molecular formula is C15H23BrN2O. The van der Waals surface area contributed by atoms with Crippen LogP contribution in [0.1, 0.15) is 32.8 Å². The highest BCUT2D eigenvalue weighted by atomic mass is 79.9. The first-order valence-electron chi connectivity index (χ1n) is 6.44. The highest BCUT2D eigenvalue weighted by molar-refractivity contribution is 9.10. The van der Waals surface area contributed by atoms with Gasteiger partial charge in [-0.3, -0.25) is 4.79 Å². The molecule has 1 aromatic rings. The Hall–Kier alpha value is -0.870. The quantitative estimate of drug-likeness (QED) is 0.923. The van der Waals surface area contributed by atoms with Crippen LogP contribution in [0.2, 0.25) is 0 Å². The zero-order valence-electron chi connectivity index (χ0n) is 12.1. The second kappa shape index (κ2) is 6.53. The fourth-order valence-corrected chi connectivity index (χ4v) is 1.87. The molecule has 1 unspecified atom stereocenters. The topological polar surface area (TPSA) is 46.3 Å². The molecule has 0 aliphatic carbocycles. The fourth-order valence-electron chi connectivity index (χ4n) is 1.60. The molecule has 1 aromatic carbocycles. The molecule has 106 valence electrons. The van der Waals surface area contributed by atoms with Crippen LogP contribution in [0.5, 0.6) is 0 Å². The molecule has 0 aliphatic heterocycles. The summed E-state index contributed by atoms with van der Waals surface area (Å²) in [5, 5.41) is 0. The van der Waals surface area contributed by atoms with E-state index >= 15 is 0 Å². The zero-order valence-corrected chi connectivity index (χ0v) is 13.7. The second-order valence-corrected chi connectivity index (χ2v) is 6.97. The Balaban J connectivity index is 2.56. The van der Waals surface area contributed by atoms with Crippen molar-refractivity contribution in [1.82, 2.24) is 4.90 Å². The minimum atomic E-state index is -0.118. The molecule has 0 bridgehead atoms. The predicted molar refractivity (Wildman–Crippen MR) is 82.7 cm³/mol. The summed E-state index contributed by atoms with van der Waals surface area (Å²) in [5.41, 5.74) is 7.12. The third kappa shape index (κ3) is 5.33. The first-order chi connectivity index (χ1) is 8.70. The lowest BCUT2D eigenvalue weighted by molar-refractivity contribution is -0.131. The summed E-state index contributed by atoms with van der Waals surface area (Å²) >= 11 is 3.40. The van der Waals surface area contributed by atoms with E-state index in [1.165, 1.54) is 0 Å². The molecule has 0 aromatic heterocycles. The van der Waals surface area contributed by atoms with E-state index in [1.54, 1.807) is 4.90 Å². The van der Waals surface area contributed by atoms with Gasteiger partial charge < -0.3 is 10.6 Å². The average molecular weight is 327 g/mol. The summed E-state index contributed by atoms with van der Waals surface area (Å²) < 4.78 is 1.04. The van der Waals surface area contributed by atoms with Crippen LogP contribution in [-0.4, -0.2) is 23.9 Å². The van der Waals surface area contributed by atoms with Crippen LogP contribution in [0.25, 0.3) is 0 Å². The van der Waals surface area contributed by atoms with E-state index in [1.807, 2.05) is 31.3 Å². The Kier molecular flexibility index (Phi) is 5.56. The van der Waals surface area contributed by atoms with Gasteiger partial charge in [-0.25, -0.2) is 0 Å². The number of carbonyl (C=O) groups is 1. The van der Waals surface area contributed by atoms with Crippen LogP contribution < -0.4 is 5.73 Å². The second-order valence-electron chi connectivity index (χ2n) is 6.05. The van der Waals surface area contributed by atoms with Crippen molar-refractivity contribution in [2.75, 3.05) is 7.05 Å². The highest BCUT2D eigenvalue weighted by Gasteiger charge is 2.24. The van der Waals surface area contributed by atoms with E-state index in [2.05, 4.69) is 36.7 Å². The van der Waals surface area contributed by atoms with Gasteiger partial charge in [-0.05, 0) is 23.1 Å². The zero-order chi connectivity index (χ0) is 14.6. The first-order valence-corrected chi connectivity index (χ1v) is 7.23. The lowest BCUT2D eigenvalue weighted by Crippen LogP contribution is -2.40. The van der Waals surface area contributed by atoms with E-state index in [-0.39, 0.29) is 17.4 Å². The molecule has 2 N–H and O–H groups in total. The standard InChI is InChI=1S/C15H23BrN2O/c1-15(2,3)13(17)9-14(19)18(4)10-11-5-7-12(16)8-6-11/h5-8,13H,9-10,17H2,1-4H3. The Morgan fingerprint density at radius 1 is 1.32 bits per heavy atom. The number of benzene rings is 1. The minimum absolute atomic E-state index is 0.0475. The van der Waals surface area contributed by atoms with Crippen molar-refractivity contribution in [2.45, 2.75) is 39.8 Å². The molecule has 0 saturated heterocycles. The first kappa shape index (κ1) is 16.2. The molecule has 1 amide bonds. The average Bonchev–Trinajstić information content (AvgIpc) is 2.30. The molecule has 0 spiro atoms. The summed E-state index contributed by atoms with van der Waals surface area (Å²) in [7, 11) is 1.82. The van der Waals surface area contributed by atoms with Gasteiger partial charge in [0.1, 0.15) is 0 Å². The van der Waals surface area contributed by atoms with Gasteiger partial charge in [0.05, 0.1) is 0 Å². The maximum atomic E-state index is 12.1. The van der Waals surface area contributed by atoms with Gasteiger partial charge >= 0.3 is 0 Å². The number of rotatable bonds is 4. The van der Waals surface area contributed by atoms with E-state index in [0.29, 0.717) is 13.0 Å². The minimum Gasteiger partial charge on any atom is -0.341 e. The normalized spacial score (nSPS) is 13.2. The highest BCUT2D eigenvalue weighted by Crippen LogP contribution is 2.20. The Bertz CT molecular complexity index is 423. The number of hydrogen-bond acceptors (Lipinski definition) is 2. The van der Waals surface area contributed by atoms with Crippen LogP contribution in [0, 0.1) is 5.41 Å². The van der Waals surface area contributed by atoms with Crippen molar-refractivity contribution in [3.8, 4) is 0 Å². The van der Waals surface area contributed by atoms with Crippen molar-refractivity contribution in [3.05, 3.63) is 34.3 Å². The van der Waals surface area contributed by atoms with Gasteiger partial charge in [-0.1, -0.05) is 48.8 Å². The van der Waals surface area contributed by atoms with Crippen LogP contribution in [0.3, 0.4) is 0 Å². The van der Waals surface area contributed by atoms with Crippen molar-refractivity contribution in [2.24, 2.45) is 11.1 Å². The SMILES string of the molecule is CN(Cc1ccc(Br)cc1)C(=O)CC(N)C(C)(C)C. The van der Waals surface area contributed by atoms with E-state index in [4.69, 9.17) is 5.73 Å². The van der Waals surface area contributed by atoms with Crippen molar-refractivity contribution < 1.29 is 4.79 Å². The van der Waals surface area contributed by atoms with Gasteiger partial charge in [-0.15, -0.1) is 0 Å². The van der Waals surface area contributed by atoms with Gasteiger partial charge in [0, 0.05) is 30.5 Å². The van der Waals surface area contributed by atoms with Crippen LogP contribution in [-0.2, 0) is 11.3 Å². The summed E-state index contributed by atoms with van der Waals surface area (Å²) in [6.45, 7) is 6.78. The molecule has 0 heterocycles. The maximum absolute atomic E-state index is 12.1. The van der Waals surface area contributed by atoms with Crippen LogP contribution >= 0.6 is 15.9 Å². The molecular weight excluding hydrogens is 304 g/mol. The number of hydrogen-bond donors (Lipinski definition) is 1. The maximum Gasteiger partial charge on any atom is 0.224 e. The van der Waals surface area contributed by atoms with Gasteiger partial charge in [0.2, 0.25) is 5.91 Å². The molecule has 1 rings (SSSR count). The van der Waals surface area contributed by atoms with Crippen LogP contribution in [0.15, 0.2) is 28.7 Å². The lowest BCUT2D eigenvalue weighted by Gasteiger charge is -2.28. The summed E-state index contributed by atoms with van der Waals surface area (Å²) in [4.78, 5) is 13.8.